The molecule has 0 radical (unpaired) electrons. The second-order valence-electron chi connectivity index (χ2n) is 1.73. The smallest absolute Gasteiger partial charge is 0.0902 e. The van der Waals surface area contributed by atoms with Crippen molar-refractivity contribution in [1.82, 2.24) is 0 Å². The average Bonchev–Trinajstić information content (AvgIpc) is 1.77. The predicted molar refractivity (Wildman–Crippen MR) is 28.1 cm³/mol. The lowest BCUT2D eigenvalue weighted by atomic mass is 10.1. The summed E-state index contributed by atoms with van der Waals surface area (Å²) in [4.78, 5) is 0. The Morgan fingerprint density at radius 2 is 1.62 bits per heavy atom. The second kappa shape index (κ2) is 2.11. The van der Waals surface area contributed by atoms with Crippen LogP contribution in [-0.2, 0) is 0 Å². The maximum atomic E-state index is 10.4. The minimum Gasteiger partial charge on any atom is -0.846 e. The summed E-state index contributed by atoms with van der Waals surface area (Å²) >= 11 is 0. The van der Waals surface area contributed by atoms with Gasteiger partial charge in [-0.25, -0.2) is 0 Å². The summed E-state index contributed by atoms with van der Waals surface area (Å²) in [6, 6.07) is 0. The van der Waals surface area contributed by atoms with Crippen molar-refractivity contribution in [2.75, 3.05) is 0 Å². The van der Waals surface area contributed by atoms with Gasteiger partial charge in [-0.05, 0) is 0 Å². The Morgan fingerprint density at radius 1 is 1.12 bits per heavy atom. The lowest BCUT2D eigenvalue weighted by Gasteiger charge is -2.16. The van der Waals surface area contributed by atoms with Crippen LogP contribution in [0.4, 0.5) is 0 Å². The highest BCUT2D eigenvalue weighted by Crippen LogP contribution is 1.98. The monoisotopic (exact) mass is 111 g/mol. The van der Waals surface area contributed by atoms with Gasteiger partial charge in [-0.3, -0.25) is 0 Å². The highest BCUT2D eigenvalue weighted by Gasteiger charge is 1.95. The minimum absolute atomic E-state index is 0.541. The van der Waals surface area contributed by atoms with E-state index in [2.05, 4.69) is 0 Å². The van der Waals surface area contributed by atoms with E-state index in [0.717, 1.165) is 0 Å². The molecule has 0 unspecified atom stereocenters. The summed E-state index contributed by atoms with van der Waals surface area (Å²) in [5, 5.41) is 19.1. The zero-order chi connectivity index (χ0) is 5.98. The van der Waals surface area contributed by atoms with Gasteiger partial charge in [0.05, 0.1) is 6.10 Å². The van der Waals surface area contributed by atoms with Gasteiger partial charge in [0.1, 0.15) is 0 Å². The second-order valence-corrected chi connectivity index (χ2v) is 1.73. The van der Waals surface area contributed by atoms with E-state index in [-0.39, 0.29) is 0 Å². The predicted octanol–water partition coefficient (Wildman–Crippen LogP) is -0.798. The molecule has 0 spiro atoms. The largest absolute Gasteiger partial charge is 0.846 e. The van der Waals surface area contributed by atoms with Crippen LogP contribution in [0.3, 0.4) is 0 Å². The zero-order valence-corrected chi connectivity index (χ0v) is 4.32. The third-order valence-electron chi connectivity index (χ3n) is 0.996. The van der Waals surface area contributed by atoms with E-state index in [0.29, 0.717) is 0 Å². The van der Waals surface area contributed by atoms with Crippen LogP contribution in [0.2, 0.25) is 0 Å². The molecule has 44 valence electrons. The highest BCUT2D eigenvalue weighted by atomic mass is 16.3. The van der Waals surface area contributed by atoms with E-state index in [1.807, 2.05) is 0 Å². The number of hydrogen-bond acceptors (Lipinski definition) is 2. The van der Waals surface area contributed by atoms with E-state index in [4.69, 9.17) is 5.11 Å². The van der Waals surface area contributed by atoms with Crippen molar-refractivity contribution >= 4 is 0 Å². The first-order chi connectivity index (χ1) is 3.79. The van der Waals surface area contributed by atoms with Crippen LogP contribution < -0.4 is 5.11 Å². The van der Waals surface area contributed by atoms with Crippen molar-refractivity contribution in [3.05, 3.63) is 24.3 Å². The fourth-order valence-electron chi connectivity index (χ4n) is 0.575. The van der Waals surface area contributed by atoms with Gasteiger partial charge in [0, 0.05) is 0 Å². The first kappa shape index (κ1) is 5.54. The third-order valence-corrected chi connectivity index (χ3v) is 0.996. The third kappa shape index (κ3) is 1.18. The SMILES string of the molecule is [O-]C1C=CC(O)C=C1. The summed E-state index contributed by atoms with van der Waals surface area (Å²) in [6.45, 7) is 0. The Morgan fingerprint density at radius 3 is 2.00 bits per heavy atom. The van der Waals surface area contributed by atoms with E-state index in [1.165, 1.54) is 24.3 Å². The van der Waals surface area contributed by atoms with Gasteiger partial charge in [-0.1, -0.05) is 30.4 Å². The molecule has 0 aromatic rings. The van der Waals surface area contributed by atoms with Crippen LogP contribution in [0.1, 0.15) is 0 Å². The van der Waals surface area contributed by atoms with Crippen molar-refractivity contribution < 1.29 is 10.2 Å². The first-order valence-electron chi connectivity index (χ1n) is 2.49. The summed E-state index contributed by atoms with van der Waals surface area (Å²) in [7, 11) is 0. The minimum atomic E-state index is -0.751. The van der Waals surface area contributed by atoms with E-state index < -0.39 is 12.2 Å². The molecule has 0 fully saturated rings. The average molecular weight is 111 g/mol. The summed E-state index contributed by atoms with van der Waals surface area (Å²) in [6.07, 6.45) is 4.54. The van der Waals surface area contributed by atoms with Crippen LogP contribution in [0, 0.1) is 0 Å². The molecule has 2 nitrogen and oxygen atoms in total. The molecule has 0 amide bonds. The Labute approximate surface area is 47.8 Å². The van der Waals surface area contributed by atoms with Gasteiger partial charge < -0.3 is 10.2 Å². The van der Waals surface area contributed by atoms with Crippen molar-refractivity contribution in [2.24, 2.45) is 0 Å². The van der Waals surface area contributed by atoms with Crippen molar-refractivity contribution in [1.29, 1.82) is 0 Å². The molecule has 0 saturated heterocycles. The number of rotatable bonds is 0. The molecule has 0 aromatic heterocycles. The molecule has 2 heteroatoms. The summed E-state index contributed by atoms with van der Waals surface area (Å²) in [5.74, 6) is 0. The fraction of sp³-hybridized carbons (Fsp3) is 0.333. The quantitative estimate of drug-likeness (QED) is 0.416. The standard InChI is InChI=1S/C6H7O2/c7-5-1-2-6(8)4-3-5/h1-7H/q-1. The van der Waals surface area contributed by atoms with Crippen LogP contribution >= 0.6 is 0 Å². The van der Waals surface area contributed by atoms with Crippen molar-refractivity contribution in [2.45, 2.75) is 12.2 Å². The van der Waals surface area contributed by atoms with Gasteiger partial charge in [-0.15, -0.1) is 0 Å². The van der Waals surface area contributed by atoms with Gasteiger partial charge >= 0.3 is 0 Å². The molecular formula is C6H7O2-. The van der Waals surface area contributed by atoms with Crippen LogP contribution in [0.25, 0.3) is 0 Å². The van der Waals surface area contributed by atoms with E-state index in [1.54, 1.807) is 0 Å². The topological polar surface area (TPSA) is 43.3 Å². The van der Waals surface area contributed by atoms with Crippen LogP contribution in [0.15, 0.2) is 24.3 Å². The molecule has 0 heterocycles. The molecule has 0 bridgehead atoms. The first-order valence-corrected chi connectivity index (χ1v) is 2.49. The zero-order valence-electron chi connectivity index (χ0n) is 4.32. The molecular weight excluding hydrogens is 104 g/mol. The lowest BCUT2D eigenvalue weighted by molar-refractivity contribution is -0.387. The Kier molecular flexibility index (Phi) is 1.46. The molecule has 0 aliphatic heterocycles. The van der Waals surface area contributed by atoms with Gasteiger partial charge in [-0.2, -0.15) is 0 Å². The molecule has 1 N–H and O–H groups in total. The highest BCUT2D eigenvalue weighted by molar-refractivity contribution is 5.14. The van der Waals surface area contributed by atoms with Crippen molar-refractivity contribution in [3.63, 3.8) is 0 Å². The molecule has 1 aliphatic rings. The maximum Gasteiger partial charge on any atom is 0.0902 e. The Bertz CT molecular complexity index is 98.5. The van der Waals surface area contributed by atoms with Gasteiger partial charge in [0.2, 0.25) is 0 Å². The Hall–Kier alpha value is -0.600. The molecule has 1 rings (SSSR count). The van der Waals surface area contributed by atoms with E-state index in [9.17, 15) is 5.11 Å². The van der Waals surface area contributed by atoms with Crippen LogP contribution in [0.5, 0.6) is 0 Å². The fourth-order valence-corrected chi connectivity index (χ4v) is 0.575. The number of aliphatic hydroxyl groups excluding tert-OH is 1. The molecule has 8 heavy (non-hydrogen) atoms. The lowest BCUT2D eigenvalue weighted by Crippen LogP contribution is -2.22. The molecule has 0 saturated carbocycles. The number of hydrogen-bond donors (Lipinski definition) is 1. The maximum absolute atomic E-state index is 10.4. The normalized spacial score (nSPS) is 35.8. The Balaban J connectivity index is 2.54. The van der Waals surface area contributed by atoms with Gasteiger partial charge in [0.15, 0.2) is 0 Å². The van der Waals surface area contributed by atoms with E-state index >= 15 is 0 Å². The van der Waals surface area contributed by atoms with Gasteiger partial charge in [0.25, 0.3) is 0 Å². The summed E-state index contributed by atoms with van der Waals surface area (Å²) in [5.41, 5.74) is 0. The molecule has 0 atom stereocenters. The number of aliphatic hydroxyl groups is 1. The van der Waals surface area contributed by atoms with Crippen LogP contribution in [-0.4, -0.2) is 17.3 Å². The molecule has 1 aliphatic carbocycles. The summed E-state index contributed by atoms with van der Waals surface area (Å²) < 4.78 is 0. The van der Waals surface area contributed by atoms with Crippen molar-refractivity contribution in [3.8, 4) is 0 Å². The molecule has 0 aromatic carbocycles.